The zero-order valence-electron chi connectivity index (χ0n) is 12.3. The van der Waals surface area contributed by atoms with E-state index in [1.165, 1.54) is 5.56 Å². The molecule has 0 atom stereocenters. The number of hydrogen-bond donors (Lipinski definition) is 1. The number of hydrogen-bond acceptors (Lipinski definition) is 4. The van der Waals surface area contributed by atoms with Crippen molar-refractivity contribution in [3.63, 3.8) is 0 Å². The Morgan fingerprint density at radius 3 is 2.70 bits per heavy atom. The van der Waals surface area contributed by atoms with E-state index in [1.54, 1.807) is 6.07 Å². The Labute approximate surface area is 144 Å². The van der Waals surface area contributed by atoms with Gasteiger partial charge in [0.2, 0.25) is 11.8 Å². The van der Waals surface area contributed by atoms with E-state index < -0.39 is 0 Å². The number of aromatic nitrogens is 2. The lowest BCUT2D eigenvalue weighted by atomic mass is 10.1. The Hall–Kier alpha value is -1.88. The van der Waals surface area contributed by atoms with Crippen molar-refractivity contribution >= 4 is 23.2 Å². The molecule has 3 aromatic rings. The van der Waals surface area contributed by atoms with E-state index in [-0.39, 0.29) is 0 Å². The van der Waals surface area contributed by atoms with E-state index in [0.717, 1.165) is 23.6 Å². The van der Waals surface area contributed by atoms with Crippen LogP contribution in [0.3, 0.4) is 0 Å². The molecule has 6 heteroatoms. The van der Waals surface area contributed by atoms with Gasteiger partial charge in [-0.2, -0.15) is 0 Å². The number of benzene rings is 2. The first-order valence-corrected chi connectivity index (χ1v) is 8.00. The molecule has 0 aliphatic heterocycles. The van der Waals surface area contributed by atoms with Gasteiger partial charge in [0.25, 0.3) is 0 Å². The summed E-state index contributed by atoms with van der Waals surface area (Å²) in [6, 6.07) is 15.2. The van der Waals surface area contributed by atoms with Crippen LogP contribution in [-0.4, -0.2) is 16.7 Å². The SMILES string of the molecule is Clc1cccc(CCNCc2nnc(-c3ccccc3Cl)o2)c1. The molecule has 0 fully saturated rings. The molecule has 4 nitrogen and oxygen atoms in total. The number of nitrogens with zero attached hydrogens (tertiary/aromatic N) is 2. The Morgan fingerprint density at radius 2 is 1.87 bits per heavy atom. The molecule has 0 radical (unpaired) electrons. The highest BCUT2D eigenvalue weighted by molar-refractivity contribution is 6.33. The highest BCUT2D eigenvalue weighted by Crippen LogP contribution is 2.26. The van der Waals surface area contributed by atoms with E-state index in [0.29, 0.717) is 23.3 Å². The van der Waals surface area contributed by atoms with Crippen molar-refractivity contribution in [2.24, 2.45) is 0 Å². The van der Waals surface area contributed by atoms with Crippen LogP contribution in [0.25, 0.3) is 11.5 Å². The second-order valence-electron chi connectivity index (χ2n) is 5.04. The van der Waals surface area contributed by atoms with Crippen LogP contribution in [0.2, 0.25) is 10.0 Å². The normalized spacial score (nSPS) is 10.9. The van der Waals surface area contributed by atoms with Gasteiger partial charge < -0.3 is 9.73 Å². The molecule has 0 spiro atoms. The van der Waals surface area contributed by atoms with Crippen molar-refractivity contribution in [2.75, 3.05) is 6.54 Å². The fraction of sp³-hybridized carbons (Fsp3) is 0.176. The molecule has 0 saturated heterocycles. The average Bonchev–Trinajstić information content (AvgIpc) is 3.01. The molecule has 0 unspecified atom stereocenters. The molecule has 3 rings (SSSR count). The van der Waals surface area contributed by atoms with E-state index >= 15 is 0 Å². The summed E-state index contributed by atoms with van der Waals surface area (Å²) in [6.07, 6.45) is 0.881. The van der Waals surface area contributed by atoms with Crippen molar-refractivity contribution in [3.05, 3.63) is 70.0 Å². The van der Waals surface area contributed by atoms with Gasteiger partial charge in [-0.15, -0.1) is 10.2 Å². The molecule has 0 bridgehead atoms. The summed E-state index contributed by atoms with van der Waals surface area (Å²) >= 11 is 12.1. The molecule has 2 aromatic carbocycles. The van der Waals surface area contributed by atoms with E-state index in [1.807, 2.05) is 36.4 Å². The third-order valence-corrected chi connectivity index (χ3v) is 3.89. The van der Waals surface area contributed by atoms with Gasteiger partial charge in [-0.25, -0.2) is 0 Å². The molecule has 1 aromatic heterocycles. The minimum atomic E-state index is 0.433. The maximum atomic E-state index is 6.12. The Kier molecular flexibility index (Phi) is 5.28. The monoisotopic (exact) mass is 347 g/mol. The molecule has 23 heavy (non-hydrogen) atoms. The largest absolute Gasteiger partial charge is 0.419 e. The Morgan fingerprint density at radius 1 is 1.00 bits per heavy atom. The quantitative estimate of drug-likeness (QED) is 0.672. The van der Waals surface area contributed by atoms with E-state index in [9.17, 15) is 0 Å². The first-order valence-electron chi connectivity index (χ1n) is 7.25. The molecular formula is C17H15Cl2N3O. The predicted molar refractivity (Wildman–Crippen MR) is 91.6 cm³/mol. The maximum absolute atomic E-state index is 6.12. The predicted octanol–water partition coefficient (Wildman–Crippen LogP) is 4.38. The standard InChI is InChI=1S/C17H15Cl2N3O/c18-13-5-3-4-12(10-13)8-9-20-11-16-21-22-17(23-16)14-6-1-2-7-15(14)19/h1-7,10,20H,8-9,11H2. The number of rotatable bonds is 6. The third kappa shape index (κ3) is 4.32. The first kappa shape index (κ1) is 16.0. The zero-order chi connectivity index (χ0) is 16.1. The summed E-state index contributed by atoms with van der Waals surface area (Å²) in [6.45, 7) is 1.31. The third-order valence-electron chi connectivity index (χ3n) is 3.33. The zero-order valence-corrected chi connectivity index (χ0v) is 13.8. The average molecular weight is 348 g/mol. The van der Waals surface area contributed by atoms with Crippen molar-refractivity contribution in [1.82, 2.24) is 15.5 Å². The lowest BCUT2D eigenvalue weighted by Crippen LogP contribution is -2.16. The van der Waals surface area contributed by atoms with Crippen LogP contribution in [0.15, 0.2) is 52.9 Å². The number of halogens is 2. The summed E-state index contributed by atoms with van der Waals surface area (Å²) < 4.78 is 5.63. The fourth-order valence-electron chi connectivity index (χ4n) is 2.19. The second-order valence-corrected chi connectivity index (χ2v) is 5.88. The second kappa shape index (κ2) is 7.59. The summed E-state index contributed by atoms with van der Waals surface area (Å²) in [5.74, 6) is 0.966. The fourth-order valence-corrected chi connectivity index (χ4v) is 2.62. The minimum absolute atomic E-state index is 0.433. The Bertz CT molecular complexity index is 789. The van der Waals surface area contributed by atoms with Gasteiger partial charge in [0.1, 0.15) is 0 Å². The van der Waals surface area contributed by atoms with Crippen LogP contribution in [0.1, 0.15) is 11.5 Å². The molecule has 1 heterocycles. The van der Waals surface area contributed by atoms with Crippen molar-refractivity contribution in [3.8, 4) is 11.5 Å². The highest BCUT2D eigenvalue weighted by Gasteiger charge is 2.10. The van der Waals surface area contributed by atoms with Gasteiger partial charge in [-0.05, 0) is 42.8 Å². The van der Waals surface area contributed by atoms with E-state index in [4.69, 9.17) is 27.6 Å². The van der Waals surface area contributed by atoms with Crippen molar-refractivity contribution < 1.29 is 4.42 Å². The topological polar surface area (TPSA) is 51.0 Å². The molecule has 0 aliphatic rings. The minimum Gasteiger partial charge on any atom is -0.419 e. The smallest absolute Gasteiger partial charge is 0.249 e. The van der Waals surface area contributed by atoms with Gasteiger partial charge >= 0.3 is 0 Å². The lowest BCUT2D eigenvalue weighted by molar-refractivity contribution is 0.478. The van der Waals surface area contributed by atoms with Crippen LogP contribution in [-0.2, 0) is 13.0 Å². The highest BCUT2D eigenvalue weighted by atomic mass is 35.5. The molecule has 0 amide bonds. The van der Waals surface area contributed by atoms with Crippen LogP contribution < -0.4 is 5.32 Å². The van der Waals surface area contributed by atoms with Crippen molar-refractivity contribution in [1.29, 1.82) is 0 Å². The van der Waals surface area contributed by atoms with Crippen LogP contribution >= 0.6 is 23.2 Å². The van der Waals surface area contributed by atoms with Gasteiger partial charge in [-0.1, -0.05) is 47.5 Å². The first-order chi connectivity index (χ1) is 11.2. The molecule has 0 aliphatic carbocycles. The summed E-state index contributed by atoms with van der Waals surface area (Å²) in [5.41, 5.74) is 1.93. The van der Waals surface area contributed by atoms with Gasteiger partial charge in [-0.3, -0.25) is 0 Å². The van der Waals surface area contributed by atoms with Gasteiger partial charge in [0, 0.05) is 5.02 Å². The van der Waals surface area contributed by atoms with Crippen LogP contribution in [0.5, 0.6) is 0 Å². The summed E-state index contributed by atoms with van der Waals surface area (Å²) in [5, 5.41) is 12.7. The maximum Gasteiger partial charge on any atom is 0.249 e. The Balaban J connectivity index is 1.53. The van der Waals surface area contributed by atoms with Crippen molar-refractivity contribution in [2.45, 2.75) is 13.0 Å². The molecule has 1 N–H and O–H groups in total. The number of nitrogens with one attached hydrogen (secondary N) is 1. The molecule has 0 saturated carbocycles. The van der Waals surface area contributed by atoms with Crippen LogP contribution in [0, 0.1) is 0 Å². The molecular weight excluding hydrogens is 333 g/mol. The van der Waals surface area contributed by atoms with E-state index in [2.05, 4.69) is 21.6 Å². The van der Waals surface area contributed by atoms with Gasteiger partial charge in [0.15, 0.2) is 0 Å². The molecule has 118 valence electrons. The summed E-state index contributed by atoms with van der Waals surface area (Å²) in [4.78, 5) is 0. The summed E-state index contributed by atoms with van der Waals surface area (Å²) in [7, 11) is 0. The lowest BCUT2D eigenvalue weighted by Gasteiger charge is -2.03. The van der Waals surface area contributed by atoms with Crippen LogP contribution in [0.4, 0.5) is 0 Å². The van der Waals surface area contributed by atoms with Gasteiger partial charge in [0.05, 0.1) is 17.1 Å².